The Labute approximate surface area is 159 Å². The molecule has 0 saturated carbocycles. The average Bonchev–Trinajstić information content (AvgIpc) is 3.18. The van der Waals surface area contributed by atoms with Crippen LogP contribution in [0.2, 0.25) is 0 Å². The molecule has 0 N–H and O–H groups in total. The lowest BCUT2D eigenvalue weighted by molar-refractivity contribution is 0.362. The first-order valence-electron chi connectivity index (χ1n) is 8.79. The normalized spacial score (nSPS) is 10.8. The van der Waals surface area contributed by atoms with Gasteiger partial charge in [-0.1, -0.05) is 61.9 Å². The molecular formula is C23H21NOS. The highest BCUT2D eigenvalue weighted by molar-refractivity contribution is 7.16. The van der Waals surface area contributed by atoms with Crippen LogP contribution < -0.4 is 4.74 Å². The Balaban J connectivity index is 1.64. The summed E-state index contributed by atoms with van der Waals surface area (Å²) in [6, 6.07) is 22.7. The van der Waals surface area contributed by atoms with Gasteiger partial charge in [-0.2, -0.15) is 5.26 Å². The minimum absolute atomic E-state index is 0.611. The van der Waals surface area contributed by atoms with E-state index < -0.39 is 0 Å². The summed E-state index contributed by atoms with van der Waals surface area (Å²) < 4.78 is 5.72. The van der Waals surface area contributed by atoms with Crippen molar-refractivity contribution in [2.75, 3.05) is 6.61 Å². The molecular weight excluding hydrogens is 338 g/mol. The molecule has 0 spiro atoms. The summed E-state index contributed by atoms with van der Waals surface area (Å²) in [4.78, 5) is 1.86. The Morgan fingerprint density at radius 1 is 0.885 bits per heavy atom. The van der Waals surface area contributed by atoms with Crippen LogP contribution in [0.15, 0.2) is 72.8 Å². The Bertz CT molecular complexity index is 899. The molecule has 1 aromatic heterocycles. The number of allylic oxidation sites excluding steroid dienone is 1. The first kappa shape index (κ1) is 18.0. The van der Waals surface area contributed by atoms with Crippen LogP contribution in [0.4, 0.5) is 0 Å². The summed E-state index contributed by atoms with van der Waals surface area (Å²) in [6.45, 7) is 2.78. The van der Waals surface area contributed by atoms with Crippen molar-refractivity contribution >= 4 is 11.3 Å². The average molecular weight is 359 g/mol. The van der Waals surface area contributed by atoms with Gasteiger partial charge in [0.05, 0.1) is 0 Å². The van der Waals surface area contributed by atoms with E-state index in [9.17, 15) is 0 Å². The van der Waals surface area contributed by atoms with Crippen molar-refractivity contribution in [2.45, 2.75) is 19.8 Å². The van der Waals surface area contributed by atoms with Gasteiger partial charge in [-0.25, -0.2) is 0 Å². The van der Waals surface area contributed by atoms with Crippen molar-refractivity contribution in [3.63, 3.8) is 0 Å². The minimum atomic E-state index is 0.611. The Morgan fingerprint density at radius 2 is 1.54 bits per heavy atom. The van der Waals surface area contributed by atoms with Crippen LogP contribution in [0.1, 0.15) is 24.6 Å². The lowest BCUT2D eigenvalue weighted by atomic mass is 10.0. The number of unbranched alkanes of at least 4 members (excludes halogenated alkanes) is 1. The first-order chi connectivity index (χ1) is 12.8. The maximum atomic E-state index is 8.95. The molecule has 0 atom stereocenters. The second-order valence-electron chi connectivity index (χ2n) is 5.95. The van der Waals surface area contributed by atoms with Gasteiger partial charge in [0.1, 0.15) is 23.3 Å². The zero-order valence-electron chi connectivity index (χ0n) is 14.8. The maximum Gasteiger partial charge on any atom is 0.119 e. The highest BCUT2D eigenvalue weighted by Gasteiger charge is 2.04. The largest absolute Gasteiger partial charge is 0.490 e. The predicted molar refractivity (Wildman–Crippen MR) is 109 cm³/mol. The fourth-order valence-corrected chi connectivity index (χ4v) is 3.43. The molecule has 0 aliphatic rings. The van der Waals surface area contributed by atoms with Gasteiger partial charge in [0.25, 0.3) is 0 Å². The number of ether oxygens (including phenoxy) is 1. The summed E-state index contributed by atoms with van der Waals surface area (Å²) in [7, 11) is 0. The fourth-order valence-electron chi connectivity index (χ4n) is 2.62. The minimum Gasteiger partial charge on any atom is -0.490 e. The van der Waals surface area contributed by atoms with Crippen LogP contribution in [0.5, 0.6) is 5.75 Å². The smallest absolute Gasteiger partial charge is 0.119 e. The van der Waals surface area contributed by atoms with Crippen molar-refractivity contribution in [2.24, 2.45) is 0 Å². The SMILES string of the molecule is CCCC=CCOc1ccc(-c2ccc(-c3ccc(C#N)s3)cc2)cc1. The summed E-state index contributed by atoms with van der Waals surface area (Å²) in [5.41, 5.74) is 3.47. The van der Waals surface area contributed by atoms with Gasteiger partial charge in [-0.05, 0) is 47.4 Å². The van der Waals surface area contributed by atoms with E-state index >= 15 is 0 Å². The van der Waals surface area contributed by atoms with Gasteiger partial charge in [0.2, 0.25) is 0 Å². The van der Waals surface area contributed by atoms with E-state index in [2.05, 4.69) is 61.5 Å². The van der Waals surface area contributed by atoms with Crippen molar-refractivity contribution in [3.8, 4) is 33.4 Å². The van der Waals surface area contributed by atoms with E-state index in [4.69, 9.17) is 10.00 Å². The molecule has 26 heavy (non-hydrogen) atoms. The lowest BCUT2D eigenvalue weighted by Crippen LogP contribution is -1.92. The van der Waals surface area contributed by atoms with Crippen molar-refractivity contribution in [1.82, 2.24) is 0 Å². The van der Waals surface area contributed by atoms with Gasteiger partial charge < -0.3 is 4.74 Å². The third kappa shape index (κ3) is 4.62. The first-order valence-corrected chi connectivity index (χ1v) is 9.60. The number of hydrogen-bond donors (Lipinski definition) is 0. The highest BCUT2D eigenvalue weighted by Crippen LogP contribution is 2.30. The standard InChI is InChI=1S/C23H21NOS/c1-2-3-4-5-16-25-21-12-10-19(11-13-21)18-6-8-20(9-7-18)23-15-14-22(17-24)26-23/h4-15H,2-3,16H2,1H3. The van der Waals surface area contributed by atoms with E-state index in [0.29, 0.717) is 6.61 Å². The second kappa shape index (κ2) is 9.03. The second-order valence-corrected chi connectivity index (χ2v) is 7.03. The molecule has 2 nitrogen and oxygen atoms in total. The van der Waals surface area contributed by atoms with Gasteiger partial charge in [-0.15, -0.1) is 11.3 Å². The van der Waals surface area contributed by atoms with Crippen molar-refractivity contribution in [3.05, 3.63) is 77.7 Å². The van der Waals surface area contributed by atoms with Crippen LogP contribution >= 0.6 is 11.3 Å². The Hall–Kier alpha value is -2.83. The maximum absolute atomic E-state index is 8.95. The molecule has 130 valence electrons. The van der Waals surface area contributed by atoms with Gasteiger partial charge >= 0.3 is 0 Å². The van der Waals surface area contributed by atoms with E-state index in [0.717, 1.165) is 39.5 Å². The zero-order chi connectivity index (χ0) is 18.2. The molecule has 0 bridgehead atoms. The van der Waals surface area contributed by atoms with Gasteiger partial charge in [0, 0.05) is 4.88 Å². The number of rotatable bonds is 7. The molecule has 0 aliphatic heterocycles. The Kier molecular flexibility index (Phi) is 6.24. The van der Waals surface area contributed by atoms with Crippen molar-refractivity contribution in [1.29, 1.82) is 5.26 Å². The van der Waals surface area contributed by atoms with Gasteiger partial charge in [-0.3, -0.25) is 0 Å². The van der Waals surface area contributed by atoms with Crippen LogP contribution in [-0.4, -0.2) is 6.61 Å². The number of nitrogens with zero attached hydrogens (tertiary/aromatic N) is 1. The zero-order valence-corrected chi connectivity index (χ0v) is 15.6. The molecule has 2 aromatic carbocycles. The topological polar surface area (TPSA) is 33.0 Å². The van der Waals surface area contributed by atoms with E-state index in [-0.39, 0.29) is 0 Å². The van der Waals surface area contributed by atoms with Crippen LogP contribution in [0, 0.1) is 11.3 Å². The summed E-state index contributed by atoms with van der Waals surface area (Å²) in [5, 5.41) is 8.95. The predicted octanol–water partition coefficient (Wildman–Crippen LogP) is 6.69. The quantitative estimate of drug-likeness (QED) is 0.440. The van der Waals surface area contributed by atoms with Crippen molar-refractivity contribution < 1.29 is 4.74 Å². The summed E-state index contributed by atoms with van der Waals surface area (Å²) in [6.07, 6.45) is 6.49. The van der Waals surface area contributed by atoms with E-state index in [1.807, 2.05) is 24.3 Å². The molecule has 3 heteroatoms. The molecule has 0 unspecified atom stereocenters. The molecule has 0 amide bonds. The van der Waals surface area contributed by atoms with Crippen LogP contribution in [-0.2, 0) is 0 Å². The Morgan fingerprint density at radius 3 is 2.15 bits per heavy atom. The lowest BCUT2D eigenvalue weighted by Gasteiger charge is -2.06. The van der Waals surface area contributed by atoms with Crippen LogP contribution in [0.25, 0.3) is 21.6 Å². The molecule has 0 aliphatic carbocycles. The van der Waals surface area contributed by atoms with E-state index in [1.54, 1.807) is 0 Å². The highest BCUT2D eigenvalue weighted by atomic mass is 32.1. The number of thiophene rings is 1. The molecule has 3 rings (SSSR count). The molecule has 0 fully saturated rings. The fraction of sp³-hybridized carbons (Fsp3) is 0.174. The molecule has 0 saturated heterocycles. The summed E-state index contributed by atoms with van der Waals surface area (Å²) in [5.74, 6) is 0.883. The third-order valence-electron chi connectivity index (χ3n) is 4.04. The molecule has 1 heterocycles. The summed E-state index contributed by atoms with van der Waals surface area (Å²) >= 11 is 1.52. The van der Waals surface area contributed by atoms with E-state index in [1.165, 1.54) is 16.9 Å². The molecule has 3 aromatic rings. The molecule has 0 radical (unpaired) electrons. The van der Waals surface area contributed by atoms with Crippen LogP contribution in [0.3, 0.4) is 0 Å². The monoisotopic (exact) mass is 359 g/mol. The number of hydrogen-bond acceptors (Lipinski definition) is 3. The number of nitriles is 1. The third-order valence-corrected chi connectivity index (χ3v) is 5.08. The number of benzene rings is 2. The van der Waals surface area contributed by atoms with Gasteiger partial charge in [0.15, 0.2) is 0 Å².